The molecule has 4 unspecified atom stereocenters. The normalized spacial score (nSPS) is 25.9. The van der Waals surface area contributed by atoms with Gasteiger partial charge in [-0.2, -0.15) is 0 Å². The summed E-state index contributed by atoms with van der Waals surface area (Å²) in [6, 6.07) is 15.0. The van der Waals surface area contributed by atoms with Crippen molar-refractivity contribution < 1.29 is 29.0 Å². The molecule has 2 N–H and O–H groups in total. The highest BCUT2D eigenvalue weighted by atomic mass is 16.5. The number of fused-ring (bicyclic) bond motifs is 1. The number of carboxylic acids is 1. The summed E-state index contributed by atoms with van der Waals surface area (Å²) in [5.74, 6) is -3.93. The van der Waals surface area contributed by atoms with Crippen molar-refractivity contribution in [1.82, 2.24) is 10.2 Å². The van der Waals surface area contributed by atoms with Crippen LogP contribution in [-0.2, 0) is 25.6 Å². The monoisotopic (exact) mass is 464 g/mol. The van der Waals surface area contributed by atoms with E-state index in [0.29, 0.717) is 17.7 Å². The van der Waals surface area contributed by atoms with Crippen molar-refractivity contribution in [3.63, 3.8) is 0 Å². The van der Waals surface area contributed by atoms with E-state index in [2.05, 4.69) is 5.32 Å². The van der Waals surface area contributed by atoms with E-state index in [1.54, 1.807) is 24.3 Å². The van der Waals surface area contributed by atoms with Gasteiger partial charge >= 0.3 is 11.9 Å². The summed E-state index contributed by atoms with van der Waals surface area (Å²) in [5, 5.41) is 13.6. The Kier molecular flexibility index (Phi) is 6.52. The fourth-order valence-corrected chi connectivity index (χ4v) is 5.15. The number of nitrogens with zero attached hydrogens (tertiary/aromatic N) is 1. The quantitative estimate of drug-likeness (QED) is 0.351. The highest BCUT2D eigenvalue weighted by Crippen LogP contribution is 2.50. The molecule has 0 spiro atoms. The number of carbonyl (C=O) groups is 4. The van der Waals surface area contributed by atoms with Crippen LogP contribution < -0.4 is 10.1 Å². The topological polar surface area (TPSA) is 113 Å². The van der Waals surface area contributed by atoms with Crippen LogP contribution in [0.1, 0.15) is 43.9 Å². The molecule has 2 amide bonds. The minimum Gasteiger partial charge on any atom is -0.480 e. The summed E-state index contributed by atoms with van der Waals surface area (Å²) in [5.41, 5.74) is -0.228. The summed E-state index contributed by atoms with van der Waals surface area (Å²) in [7, 11) is 0. The van der Waals surface area contributed by atoms with Gasteiger partial charge in [-0.3, -0.25) is 29.4 Å². The van der Waals surface area contributed by atoms with Gasteiger partial charge in [0.2, 0.25) is 11.8 Å². The van der Waals surface area contributed by atoms with Crippen LogP contribution in [0.25, 0.3) is 0 Å². The van der Waals surface area contributed by atoms with Gasteiger partial charge in [0.25, 0.3) is 0 Å². The molecule has 2 aliphatic heterocycles. The zero-order valence-corrected chi connectivity index (χ0v) is 19.2. The zero-order chi connectivity index (χ0) is 24.5. The first-order valence-corrected chi connectivity index (χ1v) is 11.5. The van der Waals surface area contributed by atoms with Gasteiger partial charge in [-0.25, -0.2) is 0 Å². The summed E-state index contributed by atoms with van der Waals surface area (Å²) >= 11 is 0. The summed E-state index contributed by atoms with van der Waals surface area (Å²) in [4.78, 5) is 52.3. The number of carboxylic acid groups (broad SMARTS) is 1. The third-order valence-electron chi connectivity index (χ3n) is 6.69. The van der Waals surface area contributed by atoms with E-state index in [9.17, 15) is 24.3 Å². The molecular formula is C26H28N2O6. The average molecular weight is 465 g/mol. The van der Waals surface area contributed by atoms with Crippen molar-refractivity contribution in [2.45, 2.75) is 44.7 Å². The molecule has 2 aromatic rings. The maximum Gasteiger partial charge on any atom is 0.325 e. The molecule has 34 heavy (non-hydrogen) atoms. The predicted octanol–water partition coefficient (Wildman–Crippen LogP) is 2.72. The van der Waals surface area contributed by atoms with E-state index in [-0.39, 0.29) is 18.9 Å². The van der Waals surface area contributed by atoms with Gasteiger partial charge in [0.05, 0.1) is 11.8 Å². The summed E-state index contributed by atoms with van der Waals surface area (Å²) in [6.45, 7) is 3.55. The number of nitrogens with one attached hydrogen (secondary N) is 1. The number of esters is 1. The first-order chi connectivity index (χ1) is 16.3. The first-order valence-electron chi connectivity index (χ1n) is 11.5. The standard InChI is InChI=1S/C26H28N2O6/c1-3-4-14-28-23(30)20-21(24(28)31)26(25(32)33,15-17-8-6-5-7-9-17)27-22(20)18-10-12-19(13-11-18)34-16(2)29/h5-13,20-22,27H,3-4,14-15H2,1-2H3,(H,32,33). The first kappa shape index (κ1) is 23.6. The lowest BCUT2D eigenvalue weighted by Crippen LogP contribution is -2.57. The lowest BCUT2D eigenvalue weighted by Gasteiger charge is -2.31. The van der Waals surface area contributed by atoms with E-state index < -0.39 is 41.3 Å². The van der Waals surface area contributed by atoms with Crippen LogP contribution in [0.4, 0.5) is 0 Å². The Balaban J connectivity index is 1.77. The molecule has 2 heterocycles. The van der Waals surface area contributed by atoms with Crippen LogP contribution in [0, 0.1) is 11.8 Å². The fraction of sp³-hybridized carbons (Fsp3) is 0.385. The number of likely N-dealkylation sites (tertiary alicyclic amines) is 1. The molecule has 2 aliphatic rings. The Morgan fingerprint density at radius 3 is 2.32 bits per heavy atom. The van der Waals surface area contributed by atoms with E-state index in [0.717, 1.165) is 12.0 Å². The molecule has 0 saturated carbocycles. The highest BCUT2D eigenvalue weighted by molar-refractivity contribution is 6.09. The Hall–Kier alpha value is -3.52. The molecule has 2 fully saturated rings. The molecule has 0 bridgehead atoms. The van der Waals surface area contributed by atoms with Crippen molar-refractivity contribution in [2.75, 3.05) is 6.54 Å². The molecule has 2 aromatic carbocycles. The summed E-state index contributed by atoms with van der Waals surface area (Å²) in [6.07, 6.45) is 1.53. The van der Waals surface area contributed by atoms with E-state index in [4.69, 9.17) is 4.74 Å². The molecule has 0 aliphatic carbocycles. The predicted molar refractivity (Wildman–Crippen MR) is 123 cm³/mol. The van der Waals surface area contributed by atoms with Gasteiger partial charge in [-0.15, -0.1) is 0 Å². The van der Waals surface area contributed by atoms with Crippen LogP contribution in [0.2, 0.25) is 0 Å². The maximum absolute atomic E-state index is 13.5. The minimum absolute atomic E-state index is 0.0625. The highest BCUT2D eigenvalue weighted by Gasteiger charge is 2.68. The van der Waals surface area contributed by atoms with Gasteiger partial charge in [-0.05, 0) is 29.7 Å². The van der Waals surface area contributed by atoms with Gasteiger partial charge in [0.1, 0.15) is 11.3 Å². The average Bonchev–Trinajstić information content (AvgIpc) is 3.28. The number of rotatable bonds is 8. The van der Waals surface area contributed by atoms with Crippen molar-refractivity contribution in [2.24, 2.45) is 11.8 Å². The fourth-order valence-electron chi connectivity index (χ4n) is 5.15. The van der Waals surface area contributed by atoms with Gasteiger partial charge in [0, 0.05) is 25.9 Å². The molecular weight excluding hydrogens is 436 g/mol. The molecule has 0 radical (unpaired) electrons. The molecule has 4 rings (SSSR count). The van der Waals surface area contributed by atoms with Crippen LogP contribution >= 0.6 is 0 Å². The Morgan fingerprint density at radius 2 is 1.74 bits per heavy atom. The molecule has 0 aromatic heterocycles. The van der Waals surface area contributed by atoms with Crippen LogP contribution in [0.15, 0.2) is 54.6 Å². The number of benzene rings is 2. The van der Waals surface area contributed by atoms with Crippen LogP contribution in [-0.4, -0.2) is 45.8 Å². The van der Waals surface area contributed by atoms with Crippen molar-refractivity contribution in [3.05, 3.63) is 65.7 Å². The molecule has 2 saturated heterocycles. The minimum atomic E-state index is -1.64. The van der Waals surface area contributed by atoms with E-state index in [1.807, 2.05) is 37.3 Å². The second kappa shape index (κ2) is 9.38. The van der Waals surface area contributed by atoms with Crippen molar-refractivity contribution in [1.29, 1.82) is 0 Å². The second-order valence-corrected chi connectivity index (χ2v) is 8.91. The van der Waals surface area contributed by atoms with Gasteiger partial charge in [-0.1, -0.05) is 55.8 Å². The van der Waals surface area contributed by atoms with Crippen LogP contribution in [0.3, 0.4) is 0 Å². The number of amides is 2. The molecule has 178 valence electrons. The third kappa shape index (κ3) is 4.09. The van der Waals surface area contributed by atoms with Gasteiger partial charge < -0.3 is 9.84 Å². The number of hydrogen-bond donors (Lipinski definition) is 2. The SMILES string of the molecule is CCCCN1C(=O)C2C(c3ccc(OC(C)=O)cc3)NC(Cc3ccccc3)(C(=O)O)C2C1=O. The zero-order valence-electron chi connectivity index (χ0n) is 19.2. The number of aliphatic carboxylic acids is 1. The number of ether oxygens (including phenoxy) is 1. The smallest absolute Gasteiger partial charge is 0.325 e. The lowest BCUT2D eigenvalue weighted by molar-refractivity contribution is -0.151. The Morgan fingerprint density at radius 1 is 1.06 bits per heavy atom. The third-order valence-corrected chi connectivity index (χ3v) is 6.69. The Labute approximate surface area is 197 Å². The second-order valence-electron chi connectivity index (χ2n) is 8.91. The molecule has 8 nitrogen and oxygen atoms in total. The lowest BCUT2D eigenvalue weighted by atomic mass is 9.76. The number of hydrogen-bond acceptors (Lipinski definition) is 6. The number of carbonyl (C=O) groups excluding carboxylic acids is 3. The van der Waals surface area contributed by atoms with E-state index >= 15 is 0 Å². The maximum atomic E-state index is 13.5. The molecule has 8 heteroatoms. The van der Waals surface area contributed by atoms with Crippen LogP contribution in [0.5, 0.6) is 5.75 Å². The van der Waals surface area contributed by atoms with Crippen molar-refractivity contribution >= 4 is 23.8 Å². The number of imide groups is 1. The number of unbranched alkanes of at least 4 members (excludes halogenated alkanes) is 1. The largest absolute Gasteiger partial charge is 0.480 e. The Bertz CT molecular complexity index is 1100. The van der Waals surface area contributed by atoms with Gasteiger partial charge in [0.15, 0.2) is 0 Å². The van der Waals surface area contributed by atoms with E-state index in [1.165, 1.54) is 11.8 Å². The van der Waals surface area contributed by atoms with Crippen molar-refractivity contribution in [3.8, 4) is 5.75 Å². The summed E-state index contributed by atoms with van der Waals surface area (Å²) < 4.78 is 5.09. The molecule has 4 atom stereocenters.